The maximum Gasteiger partial charge on any atom is 0.417 e. The van der Waals surface area contributed by atoms with Gasteiger partial charge in [0.1, 0.15) is 5.82 Å². The van der Waals surface area contributed by atoms with Crippen LogP contribution < -0.4 is 0 Å². The molecule has 28 heavy (non-hydrogen) atoms. The van der Waals surface area contributed by atoms with Crippen molar-refractivity contribution in [1.82, 2.24) is 4.90 Å². The molecule has 1 aliphatic rings. The molecule has 0 aliphatic carbocycles. The van der Waals surface area contributed by atoms with Gasteiger partial charge in [-0.2, -0.15) is 13.2 Å². The van der Waals surface area contributed by atoms with Crippen LogP contribution >= 0.6 is 11.8 Å². The van der Waals surface area contributed by atoms with Gasteiger partial charge in [0.25, 0.3) is 0 Å². The summed E-state index contributed by atoms with van der Waals surface area (Å²) in [4.78, 5) is 14.9. The van der Waals surface area contributed by atoms with E-state index < -0.39 is 17.6 Å². The highest BCUT2D eigenvalue weighted by Crippen LogP contribution is 2.37. The zero-order chi connectivity index (χ0) is 20.1. The van der Waals surface area contributed by atoms with Gasteiger partial charge in [-0.25, -0.2) is 4.39 Å². The number of carbonyl (C=O) groups excluding carboxylic acids is 1. The summed E-state index contributed by atoms with van der Waals surface area (Å²) in [5, 5.41) is 0. The van der Waals surface area contributed by atoms with E-state index in [2.05, 4.69) is 0 Å². The van der Waals surface area contributed by atoms with E-state index in [1.807, 2.05) is 0 Å². The van der Waals surface area contributed by atoms with Crippen molar-refractivity contribution in [3.8, 4) is 0 Å². The van der Waals surface area contributed by atoms with Crippen LogP contribution in [0.25, 0.3) is 6.08 Å². The Kier molecular flexibility index (Phi) is 6.44. The predicted octanol–water partition coefficient (Wildman–Crippen LogP) is 6.02. The van der Waals surface area contributed by atoms with Crippen LogP contribution in [0.1, 0.15) is 30.4 Å². The molecule has 2 aromatic carbocycles. The third kappa shape index (κ3) is 5.38. The summed E-state index contributed by atoms with van der Waals surface area (Å²) < 4.78 is 53.5. The summed E-state index contributed by atoms with van der Waals surface area (Å²) in [6, 6.07) is 9.52. The van der Waals surface area contributed by atoms with E-state index in [4.69, 9.17) is 0 Å². The molecule has 7 heteroatoms. The molecule has 0 unspecified atom stereocenters. The van der Waals surface area contributed by atoms with Crippen molar-refractivity contribution in [2.75, 3.05) is 13.1 Å². The molecular weight excluding hydrogens is 390 g/mol. The van der Waals surface area contributed by atoms with E-state index in [9.17, 15) is 22.4 Å². The topological polar surface area (TPSA) is 20.3 Å². The normalized spacial score (nSPS) is 15.2. The van der Waals surface area contributed by atoms with Gasteiger partial charge in [0, 0.05) is 29.0 Å². The maximum absolute atomic E-state index is 13.5. The molecule has 2 aromatic rings. The van der Waals surface area contributed by atoms with Crippen molar-refractivity contribution in [1.29, 1.82) is 0 Å². The second-order valence-electron chi connectivity index (χ2n) is 6.52. The van der Waals surface area contributed by atoms with E-state index in [1.54, 1.807) is 11.0 Å². The number of amides is 1. The standard InChI is InChI=1S/C21H19F4NOS/c22-16-6-9-17(10-7-16)28-18-8-4-15(19(14-18)21(23,24)25)5-11-20(27)26-12-2-1-3-13-26/h4-11,14H,1-3,12-13H2/b11-5+. The van der Waals surface area contributed by atoms with Gasteiger partial charge in [0.05, 0.1) is 5.56 Å². The van der Waals surface area contributed by atoms with Crippen LogP contribution in [0, 0.1) is 5.82 Å². The van der Waals surface area contributed by atoms with Crippen molar-refractivity contribution >= 4 is 23.7 Å². The third-order valence-corrected chi connectivity index (χ3v) is 5.45. The molecule has 1 aliphatic heterocycles. The Balaban J connectivity index is 1.81. The fraction of sp³-hybridized carbons (Fsp3) is 0.286. The van der Waals surface area contributed by atoms with Crippen LogP contribution in [0.2, 0.25) is 0 Å². The number of likely N-dealkylation sites (tertiary alicyclic amines) is 1. The highest BCUT2D eigenvalue weighted by atomic mass is 32.2. The molecule has 0 radical (unpaired) electrons. The molecule has 1 heterocycles. The van der Waals surface area contributed by atoms with Gasteiger partial charge >= 0.3 is 6.18 Å². The second-order valence-corrected chi connectivity index (χ2v) is 7.67. The van der Waals surface area contributed by atoms with E-state index in [0.717, 1.165) is 37.1 Å². The summed E-state index contributed by atoms with van der Waals surface area (Å²) in [5.41, 5.74) is -0.858. The van der Waals surface area contributed by atoms with Gasteiger partial charge < -0.3 is 4.90 Å². The van der Waals surface area contributed by atoms with Crippen molar-refractivity contribution in [3.05, 3.63) is 65.5 Å². The van der Waals surface area contributed by atoms with Crippen molar-refractivity contribution in [3.63, 3.8) is 0 Å². The Morgan fingerprint density at radius 2 is 1.61 bits per heavy atom. The van der Waals surface area contributed by atoms with E-state index in [1.165, 1.54) is 42.5 Å². The summed E-state index contributed by atoms with van der Waals surface area (Å²) in [5.74, 6) is -0.670. The predicted molar refractivity (Wildman–Crippen MR) is 101 cm³/mol. The number of benzene rings is 2. The number of nitrogens with zero attached hydrogens (tertiary/aromatic N) is 1. The number of carbonyl (C=O) groups is 1. The third-order valence-electron chi connectivity index (χ3n) is 4.45. The Hall–Kier alpha value is -2.28. The molecule has 1 amide bonds. The smallest absolute Gasteiger partial charge is 0.339 e. The zero-order valence-electron chi connectivity index (χ0n) is 15.0. The monoisotopic (exact) mass is 409 g/mol. The molecule has 0 saturated carbocycles. The first-order valence-electron chi connectivity index (χ1n) is 8.94. The van der Waals surface area contributed by atoms with Crippen molar-refractivity contribution in [2.24, 2.45) is 0 Å². The number of hydrogen-bond acceptors (Lipinski definition) is 2. The van der Waals surface area contributed by atoms with E-state index >= 15 is 0 Å². The largest absolute Gasteiger partial charge is 0.417 e. The van der Waals surface area contributed by atoms with Crippen LogP contribution in [-0.2, 0) is 11.0 Å². The molecule has 0 N–H and O–H groups in total. The lowest BCUT2D eigenvalue weighted by molar-refractivity contribution is -0.138. The molecule has 0 spiro atoms. The molecule has 0 aromatic heterocycles. The van der Waals surface area contributed by atoms with Crippen LogP contribution in [0.3, 0.4) is 0 Å². The van der Waals surface area contributed by atoms with Crippen LogP contribution in [-0.4, -0.2) is 23.9 Å². The first-order valence-corrected chi connectivity index (χ1v) is 9.76. The number of alkyl halides is 3. The minimum atomic E-state index is -4.55. The lowest BCUT2D eigenvalue weighted by Crippen LogP contribution is -2.34. The van der Waals surface area contributed by atoms with Gasteiger partial charge in [-0.05, 0) is 67.3 Å². The molecule has 148 valence electrons. The SMILES string of the molecule is O=C(/C=C/c1ccc(Sc2ccc(F)cc2)cc1C(F)(F)F)N1CCCCC1. The Labute approximate surface area is 165 Å². The molecule has 3 rings (SSSR count). The zero-order valence-corrected chi connectivity index (χ0v) is 15.8. The molecular formula is C21H19F4NOS. The van der Waals surface area contributed by atoms with Gasteiger partial charge in [-0.3, -0.25) is 4.79 Å². The second kappa shape index (κ2) is 8.82. The molecule has 2 nitrogen and oxygen atoms in total. The first kappa shape index (κ1) is 20.5. The summed E-state index contributed by atoms with van der Waals surface area (Å²) in [7, 11) is 0. The lowest BCUT2D eigenvalue weighted by Gasteiger charge is -2.25. The Bertz CT molecular complexity index is 856. The average Bonchev–Trinajstić information content (AvgIpc) is 2.68. The number of piperidine rings is 1. The molecule has 0 bridgehead atoms. The van der Waals surface area contributed by atoms with Gasteiger partial charge in [-0.1, -0.05) is 17.8 Å². The van der Waals surface area contributed by atoms with E-state index in [-0.39, 0.29) is 11.5 Å². The lowest BCUT2D eigenvalue weighted by atomic mass is 10.1. The minimum absolute atomic E-state index is 0.0543. The number of halogens is 4. The van der Waals surface area contributed by atoms with Crippen molar-refractivity contribution in [2.45, 2.75) is 35.2 Å². The summed E-state index contributed by atoms with van der Waals surface area (Å²) >= 11 is 1.12. The Morgan fingerprint density at radius 1 is 0.964 bits per heavy atom. The van der Waals surface area contributed by atoms with Crippen LogP contribution in [0.15, 0.2) is 58.3 Å². The summed E-state index contributed by atoms with van der Waals surface area (Å²) in [6.07, 6.45) is 0.798. The Morgan fingerprint density at radius 3 is 2.25 bits per heavy atom. The molecule has 1 fully saturated rings. The van der Waals surface area contributed by atoms with Gasteiger partial charge in [0.2, 0.25) is 5.91 Å². The number of hydrogen-bond donors (Lipinski definition) is 0. The van der Waals surface area contributed by atoms with Gasteiger partial charge in [0.15, 0.2) is 0 Å². The quantitative estimate of drug-likeness (QED) is 0.455. The van der Waals surface area contributed by atoms with Gasteiger partial charge in [-0.15, -0.1) is 0 Å². The minimum Gasteiger partial charge on any atom is -0.339 e. The fourth-order valence-electron chi connectivity index (χ4n) is 3.01. The number of rotatable bonds is 4. The summed E-state index contributed by atoms with van der Waals surface area (Å²) in [6.45, 7) is 1.28. The molecule has 1 saturated heterocycles. The average molecular weight is 409 g/mol. The molecule has 0 atom stereocenters. The van der Waals surface area contributed by atoms with Crippen molar-refractivity contribution < 1.29 is 22.4 Å². The maximum atomic E-state index is 13.5. The highest BCUT2D eigenvalue weighted by molar-refractivity contribution is 7.99. The van der Waals surface area contributed by atoms with Crippen LogP contribution in [0.5, 0.6) is 0 Å². The fourth-order valence-corrected chi connectivity index (χ4v) is 3.87. The first-order chi connectivity index (χ1) is 13.3. The van der Waals surface area contributed by atoms with Crippen LogP contribution in [0.4, 0.5) is 17.6 Å². The highest BCUT2D eigenvalue weighted by Gasteiger charge is 2.33. The van der Waals surface area contributed by atoms with E-state index in [0.29, 0.717) is 22.9 Å².